The Morgan fingerprint density at radius 3 is 2.65 bits per heavy atom. The van der Waals surface area contributed by atoms with E-state index in [9.17, 15) is 8.42 Å². The van der Waals surface area contributed by atoms with Crippen LogP contribution in [0, 0.1) is 6.92 Å². The van der Waals surface area contributed by atoms with Crippen molar-refractivity contribution in [2.45, 2.75) is 45.3 Å². The number of furan rings is 1. The molecule has 1 aromatic heterocycles. The maximum atomic E-state index is 12.1. The Kier molecular flexibility index (Phi) is 3.64. The zero-order valence-corrected chi connectivity index (χ0v) is 12.9. The molecule has 0 aromatic carbocycles. The summed E-state index contributed by atoms with van der Waals surface area (Å²) in [6.07, 6.45) is 1.87. The van der Waals surface area contributed by atoms with Gasteiger partial charge in [0.2, 0.25) is 10.0 Å². The van der Waals surface area contributed by atoms with Gasteiger partial charge in [0.1, 0.15) is 11.5 Å². The number of aryl methyl sites for hydroxylation is 1. The van der Waals surface area contributed by atoms with Crippen molar-refractivity contribution in [1.82, 2.24) is 9.21 Å². The van der Waals surface area contributed by atoms with Crippen LogP contribution in [0.2, 0.25) is 0 Å². The molecule has 2 fully saturated rings. The molecule has 2 aliphatic heterocycles. The van der Waals surface area contributed by atoms with Gasteiger partial charge in [-0.2, -0.15) is 4.31 Å². The molecular formula is C14H22N2O3S. The maximum Gasteiger partial charge on any atom is 0.214 e. The Balaban J connectivity index is 1.71. The molecule has 3 rings (SSSR count). The smallest absolute Gasteiger partial charge is 0.214 e. The zero-order valence-electron chi connectivity index (χ0n) is 12.1. The molecular weight excluding hydrogens is 276 g/mol. The highest BCUT2D eigenvalue weighted by Crippen LogP contribution is 2.34. The summed E-state index contributed by atoms with van der Waals surface area (Å²) in [5.41, 5.74) is 0. The lowest BCUT2D eigenvalue weighted by Gasteiger charge is -2.24. The summed E-state index contributed by atoms with van der Waals surface area (Å²) in [4.78, 5) is 2.37. The van der Waals surface area contributed by atoms with E-state index in [0.29, 0.717) is 12.6 Å². The monoisotopic (exact) mass is 298 g/mol. The minimum Gasteiger partial charge on any atom is -0.465 e. The van der Waals surface area contributed by atoms with Crippen LogP contribution >= 0.6 is 0 Å². The van der Waals surface area contributed by atoms with Crippen molar-refractivity contribution in [2.24, 2.45) is 0 Å². The standard InChI is InChI=1S/C14H22N2O3S/c1-3-20(17,18)16-9-7-13-14(16)6-8-15(13)10-12-5-4-11(2)19-12/h4-5,13-14H,3,6-10H2,1-2H3/t13-,14+/m1/s1. The summed E-state index contributed by atoms with van der Waals surface area (Å²) in [5, 5.41) is 0. The van der Waals surface area contributed by atoms with Crippen LogP contribution in [0.4, 0.5) is 0 Å². The van der Waals surface area contributed by atoms with Crippen LogP contribution < -0.4 is 0 Å². The molecule has 112 valence electrons. The molecule has 0 spiro atoms. The molecule has 0 radical (unpaired) electrons. The normalized spacial score (nSPS) is 28.1. The second kappa shape index (κ2) is 5.16. The van der Waals surface area contributed by atoms with Gasteiger partial charge in [0.25, 0.3) is 0 Å². The van der Waals surface area contributed by atoms with Crippen LogP contribution in [0.5, 0.6) is 0 Å². The maximum absolute atomic E-state index is 12.1. The minimum absolute atomic E-state index is 0.163. The number of rotatable bonds is 4. The molecule has 2 atom stereocenters. The van der Waals surface area contributed by atoms with Gasteiger partial charge >= 0.3 is 0 Å². The Hall–Kier alpha value is -0.850. The first-order valence-corrected chi connectivity index (χ1v) is 8.91. The van der Waals surface area contributed by atoms with Gasteiger partial charge in [-0.05, 0) is 38.8 Å². The molecule has 0 aliphatic carbocycles. The number of hydrogen-bond donors (Lipinski definition) is 0. The quantitative estimate of drug-likeness (QED) is 0.847. The van der Waals surface area contributed by atoms with Crippen LogP contribution in [0.15, 0.2) is 16.5 Å². The third-order valence-electron chi connectivity index (χ3n) is 4.52. The lowest BCUT2D eigenvalue weighted by molar-refractivity contribution is 0.220. The van der Waals surface area contributed by atoms with Gasteiger partial charge in [-0.3, -0.25) is 4.90 Å². The minimum atomic E-state index is -3.06. The van der Waals surface area contributed by atoms with E-state index in [2.05, 4.69) is 4.90 Å². The molecule has 6 heteroatoms. The van der Waals surface area contributed by atoms with Crippen molar-refractivity contribution in [3.05, 3.63) is 23.7 Å². The molecule has 5 nitrogen and oxygen atoms in total. The van der Waals surface area contributed by atoms with Crippen molar-refractivity contribution >= 4 is 10.0 Å². The third-order valence-corrected chi connectivity index (χ3v) is 6.42. The van der Waals surface area contributed by atoms with E-state index in [1.54, 1.807) is 11.2 Å². The number of hydrogen-bond acceptors (Lipinski definition) is 4. The first-order valence-electron chi connectivity index (χ1n) is 7.30. The van der Waals surface area contributed by atoms with Gasteiger partial charge < -0.3 is 4.42 Å². The first kappa shape index (κ1) is 14.1. The van der Waals surface area contributed by atoms with E-state index < -0.39 is 10.0 Å². The number of sulfonamides is 1. The highest BCUT2D eigenvalue weighted by Gasteiger charge is 2.46. The molecule has 0 amide bonds. The van der Waals surface area contributed by atoms with Gasteiger partial charge in [0.05, 0.1) is 12.3 Å². The average Bonchev–Trinajstić information content (AvgIpc) is 3.08. The average molecular weight is 298 g/mol. The first-order chi connectivity index (χ1) is 9.51. The summed E-state index contributed by atoms with van der Waals surface area (Å²) in [6, 6.07) is 4.50. The van der Waals surface area contributed by atoms with E-state index in [-0.39, 0.29) is 11.8 Å². The number of likely N-dealkylation sites (tertiary alicyclic amines) is 1. The van der Waals surface area contributed by atoms with E-state index in [0.717, 1.165) is 37.5 Å². The lowest BCUT2D eigenvalue weighted by Crippen LogP contribution is -2.40. The van der Waals surface area contributed by atoms with Crippen molar-refractivity contribution in [3.8, 4) is 0 Å². The summed E-state index contributed by atoms with van der Waals surface area (Å²) < 4.78 is 31.6. The van der Waals surface area contributed by atoms with Crippen LogP contribution in [0.25, 0.3) is 0 Å². The van der Waals surface area contributed by atoms with Crippen LogP contribution in [0.1, 0.15) is 31.3 Å². The fraction of sp³-hybridized carbons (Fsp3) is 0.714. The predicted molar refractivity (Wildman–Crippen MR) is 76.8 cm³/mol. The second-order valence-electron chi connectivity index (χ2n) is 5.71. The van der Waals surface area contributed by atoms with Gasteiger partial charge in [0.15, 0.2) is 0 Å². The topological polar surface area (TPSA) is 53.8 Å². The SMILES string of the molecule is CCS(=O)(=O)N1CC[C@@H]2[C@@H]1CCN2Cc1ccc(C)o1. The van der Waals surface area contributed by atoms with Crippen LogP contribution in [-0.2, 0) is 16.6 Å². The van der Waals surface area contributed by atoms with E-state index in [1.807, 2.05) is 19.1 Å². The lowest BCUT2D eigenvalue weighted by atomic mass is 10.1. The summed E-state index contributed by atoms with van der Waals surface area (Å²) in [7, 11) is -3.06. The Labute approximate surface area is 120 Å². The summed E-state index contributed by atoms with van der Waals surface area (Å²) >= 11 is 0. The van der Waals surface area contributed by atoms with E-state index >= 15 is 0 Å². The fourth-order valence-electron chi connectivity index (χ4n) is 3.51. The molecule has 0 unspecified atom stereocenters. The van der Waals surface area contributed by atoms with Crippen LogP contribution in [-0.4, -0.2) is 48.5 Å². The highest BCUT2D eigenvalue weighted by molar-refractivity contribution is 7.89. The van der Waals surface area contributed by atoms with Crippen molar-refractivity contribution in [3.63, 3.8) is 0 Å². The molecule has 2 aliphatic rings. The predicted octanol–water partition coefficient (Wildman–Crippen LogP) is 1.59. The third kappa shape index (κ3) is 2.40. The Morgan fingerprint density at radius 1 is 1.25 bits per heavy atom. The molecule has 0 saturated carbocycles. The zero-order chi connectivity index (χ0) is 14.3. The molecule has 1 aromatic rings. The van der Waals surface area contributed by atoms with Crippen molar-refractivity contribution < 1.29 is 12.8 Å². The van der Waals surface area contributed by atoms with Crippen LogP contribution in [0.3, 0.4) is 0 Å². The molecule has 0 bridgehead atoms. The molecule has 20 heavy (non-hydrogen) atoms. The number of nitrogens with zero attached hydrogens (tertiary/aromatic N) is 2. The second-order valence-corrected chi connectivity index (χ2v) is 7.92. The molecule has 3 heterocycles. The summed E-state index contributed by atoms with van der Waals surface area (Å²) in [5.74, 6) is 2.10. The number of fused-ring (bicyclic) bond motifs is 1. The molecule has 2 saturated heterocycles. The van der Waals surface area contributed by atoms with Gasteiger partial charge in [-0.1, -0.05) is 0 Å². The van der Waals surface area contributed by atoms with E-state index in [4.69, 9.17) is 4.42 Å². The Morgan fingerprint density at radius 2 is 2.00 bits per heavy atom. The van der Waals surface area contributed by atoms with Gasteiger partial charge in [0, 0.05) is 25.2 Å². The van der Waals surface area contributed by atoms with Gasteiger partial charge in [-0.25, -0.2) is 8.42 Å². The van der Waals surface area contributed by atoms with Gasteiger partial charge in [-0.15, -0.1) is 0 Å². The fourth-order valence-corrected chi connectivity index (χ4v) is 4.89. The largest absolute Gasteiger partial charge is 0.465 e. The van der Waals surface area contributed by atoms with Crippen molar-refractivity contribution in [1.29, 1.82) is 0 Å². The highest BCUT2D eigenvalue weighted by atomic mass is 32.2. The Bertz CT molecular complexity index is 581. The summed E-state index contributed by atoms with van der Waals surface area (Å²) in [6.45, 7) is 6.07. The molecule has 0 N–H and O–H groups in total. The van der Waals surface area contributed by atoms with Crippen molar-refractivity contribution in [2.75, 3.05) is 18.8 Å². The van der Waals surface area contributed by atoms with E-state index in [1.165, 1.54) is 0 Å².